The number of ether oxygens (including phenoxy) is 1. The number of carbonyl (C=O) groups is 1. The number of hydrogen-bond donors (Lipinski definition) is 2. The number of aromatic nitrogens is 2. The Morgan fingerprint density at radius 2 is 1.95 bits per heavy atom. The molecule has 11 heteroatoms. The summed E-state index contributed by atoms with van der Waals surface area (Å²) in [6.07, 6.45) is 5.00. The molecule has 4 heterocycles. The van der Waals surface area contributed by atoms with Gasteiger partial charge in [0.1, 0.15) is 0 Å². The summed E-state index contributed by atoms with van der Waals surface area (Å²) in [4.78, 5) is 25.0. The highest BCUT2D eigenvalue weighted by molar-refractivity contribution is 7.89. The van der Waals surface area contributed by atoms with E-state index in [1.807, 2.05) is 40.0 Å². The Labute approximate surface area is 225 Å². The number of hydrogen-bond acceptors (Lipinski definition) is 7. The second-order valence-electron chi connectivity index (χ2n) is 11.5. The molecule has 1 atom stereocenters. The average molecular weight is 543 g/mol. The first-order valence-electron chi connectivity index (χ1n) is 13.4. The molecule has 1 aromatic heterocycles. The Kier molecular flexibility index (Phi) is 7.12. The topological polar surface area (TPSA) is 117 Å². The molecule has 5 rings (SSSR count). The Morgan fingerprint density at radius 3 is 2.68 bits per heavy atom. The maximum absolute atomic E-state index is 13.6. The summed E-state index contributed by atoms with van der Waals surface area (Å²) in [6.45, 7) is 10.3. The molecule has 0 spiro atoms. The van der Waals surface area contributed by atoms with Gasteiger partial charge in [0.25, 0.3) is 0 Å². The van der Waals surface area contributed by atoms with Crippen LogP contribution in [0.4, 0.5) is 10.7 Å². The van der Waals surface area contributed by atoms with Crippen LogP contribution in [-0.2, 0) is 26.8 Å². The van der Waals surface area contributed by atoms with Gasteiger partial charge < -0.3 is 20.3 Å². The van der Waals surface area contributed by atoms with Gasteiger partial charge in [-0.1, -0.05) is 12.1 Å². The lowest BCUT2D eigenvalue weighted by molar-refractivity contribution is 0.0903. The van der Waals surface area contributed by atoms with Crippen molar-refractivity contribution in [3.05, 3.63) is 47.3 Å². The van der Waals surface area contributed by atoms with Crippen molar-refractivity contribution < 1.29 is 17.9 Å². The number of fused-ring (bicyclic) bond motifs is 1. The highest BCUT2D eigenvalue weighted by Gasteiger charge is 2.45. The standard InChI is InChI=1S/C27H38N6O4S/c1-19-7-5-8-21(15-19)38(35,36)32-12-6-11-27(4,18-32)31-25(34)33-17-23-22(26(33,2)3)16-28-24(30-23)29-20-9-13-37-14-10-20/h5,7-8,15-16,20H,6,9-14,17-18H2,1-4H3,(H,31,34)(H,28,29,30)/t27-/m0/s1. The molecule has 1 aromatic carbocycles. The van der Waals surface area contributed by atoms with E-state index in [1.54, 1.807) is 23.1 Å². The lowest BCUT2D eigenvalue weighted by Crippen LogP contribution is -2.61. The quantitative estimate of drug-likeness (QED) is 0.595. The maximum Gasteiger partial charge on any atom is 0.318 e. The van der Waals surface area contributed by atoms with E-state index < -0.39 is 21.1 Å². The molecule has 0 unspecified atom stereocenters. The van der Waals surface area contributed by atoms with E-state index >= 15 is 0 Å². The van der Waals surface area contributed by atoms with Crippen LogP contribution in [0.15, 0.2) is 35.4 Å². The largest absolute Gasteiger partial charge is 0.381 e. The van der Waals surface area contributed by atoms with Crippen LogP contribution in [0.5, 0.6) is 0 Å². The molecule has 0 radical (unpaired) electrons. The van der Waals surface area contributed by atoms with Crippen molar-refractivity contribution >= 4 is 22.0 Å². The number of carbonyl (C=O) groups excluding carboxylic acids is 1. The van der Waals surface area contributed by atoms with E-state index in [2.05, 4.69) is 15.6 Å². The van der Waals surface area contributed by atoms with Crippen molar-refractivity contribution in [3.63, 3.8) is 0 Å². The average Bonchev–Trinajstić information content (AvgIpc) is 3.14. The minimum atomic E-state index is -3.66. The van der Waals surface area contributed by atoms with Gasteiger partial charge in [0.15, 0.2) is 0 Å². The first-order valence-corrected chi connectivity index (χ1v) is 14.8. The van der Waals surface area contributed by atoms with E-state index in [4.69, 9.17) is 9.72 Å². The van der Waals surface area contributed by atoms with E-state index in [0.29, 0.717) is 31.9 Å². The molecule has 2 saturated heterocycles. The van der Waals surface area contributed by atoms with Gasteiger partial charge in [-0.15, -0.1) is 0 Å². The van der Waals surface area contributed by atoms with Gasteiger partial charge >= 0.3 is 6.03 Å². The maximum atomic E-state index is 13.6. The Morgan fingerprint density at radius 1 is 1.18 bits per heavy atom. The summed E-state index contributed by atoms with van der Waals surface area (Å²) in [5, 5.41) is 6.58. The highest BCUT2D eigenvalue weighted by Crippen LogP contribution is 2.38. The number of anilines is 1. The van der Waals surface area contributed by atoms with Crippen LogP contribution in [0.25, 0.3) is 0 Å². The normalized spacial score (nSPS) is 24.2. The van der Waals surface area contributed by atoms with Crippen molar-refractivity contribution in [2.45, 2.75) is 81.9 Å². The number of amides is 2. The summed E-state index contributed by atoms with van der Waals surface area (Å²) in [6, 6.07) is 7.00. The van der Waals surface area contributed by atoms with Crippen LogP contribution in [0.3, 0.4) is 0 Å². The minimum Gasteiger partial charge on any atom is -0.381 e. The first-order chi connectivity index (χ1) is 18.0. The van der Waals surface area contributed by atoms with Crippen LogP contribution in [0.1, 0.15) is 63.3 Å². The van der Waals surface area contributed by atoms with Crippen LogP contribution >= 0.6 is 0 Å². The molecule has 38 heavy (non-hydrogen) atoms. The van der Waals surface area contributed by atoms with Crippen molar-refractivity contribution in [3.8, 4) is 0 Å². The molecule has 3 aliphatic heterocycles. The van der Waals surface area contributed by atoms with Gasteiger partial charge in [-0.3, -0.25) is 0 Å². The fourth-order valence-corrected chi connectivity index (χ4v) is 7.42. The zero-order valence-corrected chi connectivity index (χ0v) is 23.5. The molecular weight excluding hydrogens is 504 g/mol. The molecule has 2 N–H and O–H groups in total. The van der Waals surface area contributed by atoms with E-state index in [1.165, 1.54) is 4.31 Å². The Balaban J connectivity index is 1.29. The number of nitrogens with zero attached hydrogens (tertiary/aromatic N) is 4. The van der Waals surface area contributed by atoms with E-state index in [-0.39, 0.29) is 23.5 Å². The van der Waals surface area contributed by atoms with Gasteiger partial charge in [0.05, 0.1) is 28.2 Å². The van der Waals surface area contributed by atoms with Crippen LogP contribution in [0.2, 0.25) is 0 Å². The molecule has 2 amide bonds. The molecule has 0 bridgehead atoms. The molecule has 10 nitrogen and oxygen atoms in total. The SMILES string of the molecule is Cc1cccc(S(=O)(=O)N2CCC[C@](C)(NC(=O)N3Cc4nc(NC5CCOCC5)ncc4C3(C)C)C2)c1. The van der Waals surface area contributed by atoms with Crippen molar-refractivity contribution in [1.29, 1.82) is 0 Å². The number of aryl methyl sites for hydroxylation is 1. The zero-order valence-electron chi connectivity index (χ0n) is 22.7. The van der Waals surface area contributed by atoms with Gasteiger partial charge in [0, 0.05) is 44.1 Å². The Hall–Kier alpha value is -2.76. The summed E-state index contributed by atoms with van der Waals surface area (Å²) in [5.41, 5.74) is 1.34. The fraction of sp³-hybridized carbons (Fsp3) is 0.593. The third-order valence-electron chi connectivity index (χ3n) is 8.01. The minimum absolute atomic E-state index is 0.217. The molecule has 3 aliphatic rings. The summed E-state index contributed by atoms with van der Waals surface area (Å²) >= 11 is 0. The summed E-state index contributed by atoms with van der Waals surface area (Å²) in [5.74, 6) is 0.574. The van der Waals surface area contributed by atoms with Crippen LogP contribution < -0.4 is 10.6 Å². The Bertz CT molecular complexity index is 1310. The predicted octanol–water partition coefficient (Wildman–Crippen LogP) is 3.38. The van der Waals surface area contributed by atoms with Crippen LogP contribution in [0, 0.1) is 6.92 Å². The predicted molar refractivity (Wildman–Crippen MR) is 144 cm³/mol. The van der Waals surface area contributed by atoms with Gasteiger partial charge in [0.2, 0.25) is 16.0 Å². The third kappa shape index (κ3) is 5.23. The van der Waals surface area contributed by atoms with Crippen LogP contribution in [-0.4, -0.2) is 71.5 Å². The second-order valence-corrected chi connectivity index (χ2v) is 13.4. The van der Waals surface area contributed by atoms with Gasteiger partial charge in [-0.2, -0.15) is 4.31 Å². The summed E-state index contributed by atoms with van der Waals surface area (Å²) in [7, 11) is -3.66. The molecule has 2 fully saturated rings. The second kappa shape index (κ2) is 10.1. The molecule has 2 aromatic rings. The molecular formula is C27H38N6O4S. The number of nitrogens with one attached hydrogen (secondary N) is 2. The number of rotatable bonds is 5. The van der Waals surface area contributed by atoms with Crippen molar-refractivity contribution in [1.82, 2.24) is 24.5 Å². The fourth-order valence-electron chi connectivity index (χ4n) is 5.71. The molecule has 0 aliphatic carbocycles. The monoisotopic (exact) mass is 542 g/mol. The smallest absolute Gasteiger partial charge is 0.318 e. The van der Waals surface area contributed by atoms with Crippen molar-refractivity contribution in [2.75, 3.05) is 31.6 Å². The number of urea groups is 1. The number of sulfonamides is 1. The number of benzene rings is 1. The number of piperidine rings is 1. The highest BCUT2D eigenvalue weighted by atomic mass is 32.2. The van der Waals surface area contributed by atoms with E-state index in [9.17, 15) is 13.2 Å². The van der Waals surface area contributed by atoms with Gasteiger partial charge in [-0.05, 0) is 71.1 Å². The molecule has 206 valence electrons. The molecule has 0 saturated carbocycles. The lowest BCUT2D eigenvalue weighted by atomic mass is 9.92. The zero-order chi connectivity index (χ0) is 27.1. The third-order valence-corrected chi connectivity index (χ3v) is 9.85. The van der Waals surface area contributed by atoms with Gasteiger partial charge in [-0.25, -0.2) is 23.2 Å². The summed E-state index contributed by atoms with van der Waals surface area (Å²) < 4.78 is 33.7. The van der Waals surface area contributed by atoms with E-state index in [0.717, 1.165) is 42.9 Å². The van der Waals surface area contributed by atoms with Crippen molar-refractivity contribution in [2.24, 2.45) is 0 Å². The first kappa shape index (κ1) is 26.8. The lowest BCUT2D eigenvalue weighted by Gasteiger charge is -2.42.